The van der Waals surface area contributed by atoms with Crippen LogP contribution in [0.2, 0.25) is 0 Å². The first-order valence-corrected chi connectivity index (χ1v) is 13.1. The van der Waals surface area contributed by atoms with Crippen LogP contribution in [0.4, 0.5) is 5.13 Å². The van der Waals surface area contributed by atoms with E-state index in [1.54, 1.807) is 0 Å². The van der Waals surface area contributed by atoms with Gasteiger partial charge in [-0.1, -0.05) is 73.7 Å². The highest BCUT2D eigenvalue weighted by Crippen LogP contribution is 2.49. The van der Waals surface area contributed by atoms with Crippen molar-refractivity contribution in [3.05, 3.63) is 81.9 Å². The van der Waals surface area contributed by atoms with Gasteiger partial charge in [-0.3, -0.25) is 9.69 Å². The molecule has 34 heavy (non-hydrogen) atoms. The molecule has 180 valence electrons. The number of nitrogens with one attached hydrogen (secondary N) is 1. The number of anilines is 1. The number of aromatic nitrogens is 1. The van der Waals surface area contributed by atoms with Gasteiger partial charge in [0.1, 0.15) is 0 Å². The van der Waals surface area contributed by atoms with E-state index in [4.69, 9.17) is 0 Å². The van der Waals surface area contributed by atoms with Crippen LogP contribution in [0.5, 0.6) is 0 Å². The zero-order chi connectivity index (χ0) is 24.3. The van der Waals surface area contributed by atoms with E-state index in [2.05, 4.69) is 59.4 Å². The average Bonchev–Trinajstić information content (AvgIpc) is 3.38. The van der Waals surface area contributed by atoms with E-state index in [1.165, 1.54) is 28.0 Å². The molecule has 2 aromatic carbocycles. The van der Waals surface area contributed by atoms with Crippen LogP contribution in [0, 0.1) is 13.8 Å². The predicted molar refractivity (Wildman–Crippen MR) is 139 cm³/mol. The fraction of sp³-hybridized carbons (Fsp3) is 0.429. The van der Waals surface area contributed by atoms with Crippen LogP contribution in [0.3, 0.4) is 0 Å². The Bertz CT molecular complexity index is 1120. The third kappa shape index (κ3) is 4.95. The molecule has 1 aliphatic carbocycles. The molecule has 0 radical (unpaired) electrons. The maximum absolute atomic E-state index is 13.3. The molecule has 0 spiro atoms. The van der Waals surface area contributed by atoms with Gasteiger partial charge in [-0.2, -0.15) is 0 Å². The molecule has 5 nitrogen and oxygen atoms in total. The highest BCUT2D eigenvalue weighted by molar-refractivity contribution is 7.15. The van der Waals surface area contributed by atoms with Crippen LogP contribution < -0.4 is 5.32 Å². The number of benzene rings is 2. The molecule has 2 fully saturated rings. The lowest BCUT2D eigenvalue weighted by Crippen LogP contribution is -2.28. The zero-order valence-corrected chi connectivity index (χ0v) is 21.4. The number of thiazole rings is 1. The number of β-amino-alcohol motifs (C(OH)–C–C–N with tert-alkyl or cyclic N) is 1. The summed E-state index contributed by atoms with van der Waals surface area (Å²) in [5.74, 6) is 0.0366. The van der Waals surface area contributed by atoms with Crippen molar-refractivity contribution in [2.45, 2.75) is 64.5 Å². The van der Waals surface area contributed by atoms with Crippen molar-refractivity contribution in [3.8, 4) is 0 Å². The molecule has 2 heterocycles. The molecule has 3 aromatic rings. The van der Waals surface area contributed by atoms with Crippen LogP contribution in [0.25, 0.3) is 0 Å². The number of carbonyl (C=O) groups excluding carboxylic acids is 1. The van der Waals surface area contributed by atoms with Gasteiger partial charge in [-0.25, -0.2) is 4.98 Å². The van der Waals surface area contributed by atoms with E-state index in [0.717, 1.165) is 36.2 Å². The van der Waals surface area contributed by atoms with Crippen LogP contribution in [-0.2, 0) is 10.2 Å². The van der Waals surface area contributed by atoms with E-state index in [0.29, 0.717) is 11.7 Å². The predicted octanol–water partition coefficient (Wildman–Crippen LogP) is 5.61. The summed E-state index contributed by atoms with van der Waals surface area (Å²) in [5.41, 5.74) is 4.31. The first kappa shape index (κ1) is 24.6. The third-order valence-corrected chi connectivity index (χ3v) is 7.90. The molecule has 2 aliphatic rings. The lowest BCUT2D eigenvalue weighted by Gasteiger charge is -2.26. The Kier molecular flexibility index (Phi) is 7.51. The van der Waals surface area contributed by atoms with Crippen LogP contribution in [0.1, 0.15) is 66.3 Å². The van der Waals surface area contributed by atoms with Crippen molar-refractivity contribution in [2.75, 3.05) is 18.4 Å². The van der Waals surface area contributed by atoms with E-state index < -0.39 is 5.41 Å². The van der Waals surface area contributed by atoms with Crippen LogP contribution in [-0.4, -0.2) is 40.1 Å². The fourth-order valence-electron chi connectivity index (χ4n) is 4.69. The number of amides is 1. The number of hydrogen-bond acceptors (Lipinski definition) is 5. The first-order chi connectivity index (χ1) is 16.5. The second-order valence-corrected chi connectivity index (χ2v) is 10.2. The molecular weight excluding hydrogens is 442 g/mol. The summed E-state index contributed by atoms with van der Waals surface area (Å²) >= 11 is 1.53. The summed E-state index contributed by atoms with van der Waals surface area (Å²) in [4.78, 5) is 21.2. The largest absolute Gasteiger partial charge is 0.392 e. The fourth-order valence-corrected chi connectivity index (χ4v) is 5.67. The molecule has 1 saturated carbocycles. The molecule has 5 rings (SSSR count). The van der Waals surface area contributed by atoms with Crippen molar-refractivity contribution in [3.63, 3.8) is 0 Å². The number of likely N-dealkylation sites (tertiary alicyclic amines) is 1. The van der Waals surface area contributed by atoms with Crippen LogP contribution in [0.15, 0.2) is 54.7 Å². The minimum Gasteiger partial charge on any atom is -0.392 e. The van der Waals surface area contributed by atoms with Gasteiger partial charge in [0, 0.05) is 24.2 Å². The molecule has 1 saturated heterocycles. The van der Waals surface area contributed by atoms with Gasteiger partial charge in [0.25, 0.3) is 0 Å². The number of aliphatic hydroxyl groups excluding tert-OH is 1. The van der Waals surface area contributed by atoms with Gasteiger partial charge in [-0.15, -0.1) is 0 Å². The van der Waals surface area contributed by atoms with E-state index in [1.807, 2.05) is 38.2 Å². The summed E-state index contributed by atoms with van der Waals surface area (Å²) in [5, 5.41) is 13.8. The Balaban J connectivity index is 0.00000133. The number of rotatable bonds is 6. The minimum atomic E-state index is -0.428. The van der Waals surface area contributed by atoms with Crippen molar-refractivity contribution in [1.29, 1.82) is 0 Å². The van der Waals surface area contributed by atoms with Gasteiger partial charge in [0.15, 0.2) is 5.13 Å². The molecule has 1 amide bonds. The second kappa shape index (κ2) is 10.4. The SMILES string of the molecule is CC.Cc1ccc(C2(C(=O)Nc3ncc([C@H](c4ccccc4)N4CC[C@@H](O)C4)s3)CC2)cc1C. The Hall–Kier alpha value is -2.54. The lowest BCUT2D eigenvalue weighted by atomic mass is 9.92. The van der Waals surface area contributed by atoms with E-state index >= 15 is 0 Å². The summed E-state index contributed by atoms with van der Waals surface area (Å²) in [6.45, 7) is 9.68. The summed E-state index contributed by atoms with van der Waals surface area (Å²) in [6.07, 6.45) is 4.11. The van der Waals surface area contributed by atoms with E-state index in [-0.39, 0.29) is 18.1 Å². The number of aryl methyl sites for hydroxylation is 2. The molecule has 1 aliphatic heterocycles. The molecule has 1 aromatic heterocycles. The first-order valence-electron chi connectivity index (χ1n) is 12.3. The second-order valence-electron chi connectivity index (χ2n) is 9.15. The minimum absolute atomic E-state index is 0.0335. The molecule has 0 unspecified atom stereocenters. The van der Waals surface area contributed by atoms with Gasteiger partial charge in [0.05, 0.1) is 17.6 Å². The van der Waals surface area contributed by atoms with Gasteiger partial charge in [-0.05, 0) is 55.4 Å². The third-order valence-electron chi connectivity index (χ3n) is 6.93. The summed E-state index contributed by atoms with van der Waals surface area (Å²) in [6, 6.07) is 16.7. The number of nitrogens with zero attached hydrogens (tertiary/aromatic N) is 2. The maximum atomic E-state index is 13.3. The summed E-state index contributed by atoms with van der Waals surface area (Å²) in [7, 11) is 0. The standard InChI is InChI=1S/C26H29N3O2S.C2H6/c1-17-8-9-20(14-18(17)2)26(11-12-26)24(31)28-25-27-15-22(32-25)23(19-6-4-3-5-7-19)29-13-10-21(30)16-29;1-2/h3-9,14-15,21,23,30H,10-13,16H2,1-2H3,(H,27,28,31);1-2H3/t21-,23+;/m1./s1. The smallest absolute Gasteiger partial charge is 0.236 e. The van der Waals surface area contributed by atoms with Gasteiger partial charge in [0.2, 0.25) is 5.91 Å². The number of carbonyl (C=O) groups is 1. The monoisotopic (exact) mass is 477 g/mol. The van der Waals surface area contributed by atoms with Gasteiger partial charge >= 0.3 is 0 Å². The van der Waals surface area contributed by atoms with E-state index in [9.17, 15) is 9.90 Å². The van der Waals surface area contributed by atoms with Crippen molar-refractivity contribution < 1.29 is 9.90 Å². The lowest BCUT2D eigenvalue weighted by molar-refractivity contribution is -0.118. The highest BCUT2D eigenvalue weighted by atomic mass is 32.1. The molecule has 0 bridgehead atoms. The zero-order valence-electron chi connectivity index (χ0n) is 20.5. The molecule has 2 N–H and O–H groups in total. The number of hydrogen-bond donors (Lipinski definition) is 2. The highest BCUT2D eigenvalue weighted by Gasteiger charge is 2.51. The topological polar surface area (TPSA) is 65.5 Å². The summed E-state index contributed by atoms with van der Waals surface area (Å²) < 4.78 is 0. The molecule has 2 atom stereocenters. The Labute approximate surface area is 206 Å². The van der Waals surface area contributed by atoms with Crippen molar-refractivity contribution >= 4 is 22.4 Å². The average molecular weight is 478 g/mol. The molecule has 6 heteroatoms. The van der Waals surface area contributed by atoms with Gasteiger partial charge < -0.3 is 10.4 Å². The van der Waals surface area contributed by atoms with Crippen LogP contribution >= 0.6 is 11.3 Å². The quantitative estimate of drug-likeness (QED) is 0.484. The van der Waals surface area contributed by atoms with Crippen molar-refractivity contribution in [2.24, 2.45) is 0 Å². The van der Waals surface area contributed by atoms with Crippen molar-refractivity contribution in [1.82, 2.24) is 9.88 Å². The normalized spacial score (nSPS) is 19.7. The Morgan fingerprint density at radius 3 is 2.50 bits per heavy atom. The maximum Gasteiger partial charge on any atom is 0.236 e. The Morgan fingerprint density at radius 2 is 1.88 bits per heavy atom. The molecular formula is C28H35N3O2S. The number of aliphatic hydroxyl groups is 1. The Morgan fingerprint density at radius 1 is 1.15 bits per heavy atom.